The summed E-state index contributed by atoms with van der Waals surface area (Å²) in [5.41, 5.74) is -0.864. The number of nitrogens with zero attached hydrogens (tertiary/aromatic N) is 1. The lowest BCUT2D eigenvalue weighted by molar-refractivity contribution is -0.0917. The molecule has 0 aliphatic rings. The van der Waals surface area contributed by atoms with Gasteiger partial charge in [0.25, 0.3) is 0 Å². The molecular formula is C23H49N5O5. The molecule has 0 bridgehead atoms. The maximum atomic E-state index is 11.5. The molecule has 0 spiro atoms. The number of alkyl carbamates (subject to hydrolysis) is 1. The summed E-state index contributed by atoms with van der Waals surface area (Å²) < 4.78 is 16.6. The van der Waals surface area contributed by atoms with Crippen molar-refractivity contribution >= 4 is 11.8 Å². The van der Waals surface area contributed by atoms with Crippen molar-refractivity contribution in [1.29, 1.82) is 5.41 Å². The molecule has 0 fully saturated rings. The van der Waals surface area contributed by atoms with Gasteiger partial charge in [-0.1, -0.05) is 20.3 Å². The molecule has 0 saturated carbocycles. The third-order valence-corrected chi connectivity index (χ3v) is 4.69. The minimum atomic E-state index is -0.588. The van der Waals surface area contributed by atoms with Crippen LogP contribution in [0, 0.1) is 10.8 Å². The predicted octanol–water partition coefficient (Wildman–Crippen LogP) is 1.91. The van der Waals surface area contributed by atoms with Crippen LogP contribution >= 0.6 is 0 Å². The van der Waals surface area contributed by atoms with Crippen LogP contribution in [0.4, 0.5) is 4.79 Å². The molecule has 0 heterocycles. The number of aliphatic hydroxyl groups is 1. The number of amides is 1. The van der Waals surface area contributed by atoms with E-state index in [1.54, 1.807) is 5.01 Å². The zero-order valence-corrected chi connectivity index (χ0v) is 21.9. The van der Waals surface area contributed by atoms with Gasteiger partial charge in [-0.15, -0.1) is 0 Å². The van der Waals surface area contributed by atoms with E-state index in [1.807, 2.05) is 34.6 Å². The van der Waals surface area contributed by atoms with Crippen molar-refractivity contribution in [3.63, 3.8) is 0 Å². The van der Waals surface area contributed by atoms with Crippen molar-refractivity contribution < 1.29 is 24.1 Å². The van der Waals surface area contributed by atoms with E-state index in [0.717, 1.165) is 12.8 Å². The number of aliphatic hydroxyl groups excluding tert-OH is 1. The quantitative estimate of drug-likeness (QED) is 0.0876. The highest BCUT2D eigenvalue weighted by Crippen LogP contribution is 2.26. The van der Waals surface area contributed by atoms with Crippen LogP contribution in [0.3, 0.4) is 0 Å². The molecule has 0 aliphatic heterocycles. The summed E-state index contributed by atoms with van der Waals surface area (Å²) in [5.74, 6) is 6.19. The Morgan fingerprint density at radius 1 is 1.12 bits per heavy atom. The van der Waals surface area contributed by atoms with Crippen LogP contribution in [0.25, 0.3) is 0 Å². The first-order valence-corrected chi connectivity index (χ1v) is 11.8. The average Bonchev–Trinajstić information content (AvgIpc) is 2.67. The highest BCUT2D eigenvalue weighted by Gasteiger charge is 2.29. The zero-order chi connectivity index (χ0) is 25.5. The normalized spacial score (nSPS) is 14.2. The largest absolute Gasteiger partial charge is 0.444 e. The monoisotopic (exact) mass is 475 g/mol. The van der Waals surface area contributed by atoms with E-state index in [0.29, 0.717) is 51.6 Å². The first-order valence-electron chi connectivity index (χ1n) is 11.8. The second kappa shape index (κ2) is 15.6. The Balaban J connectivity index is 4.06. The van der Waals surface area contributed by atoms with Gasteiger partial charge in [0.2, 0.25) is 0 Å². The molecule has 1 amide bonds. The van der Waals surface area contributed by atoms with Crippen molar-refractivity contribution in [1.82, 2.24) is 15.6 Å². The maximum Gasteiger partial charge on any atom is 0.407 e. The zero-order valence-electron chi connectivity index (χ0n) is 21.9. The number of carbonyl (C=O) groups is 1. The molecule has 10 nitrogen and oxygen atoms in total. The summed E-state index contributed by atoms with van der Waals surface area (Å²) in [6.07, 6.45) is 1.49. The molecule has 1 atom stereocenters. The van der Waals surface area contributed by atoms with Crippen molar-refractivity contribution in [2.24, 2.45) is 11.3 Å². The second-order valence-corrected chi connectivity index (χ2v) is 10.5. The van der Waals surface area contributed by atoms with Crippen molar-refractivity contribution in [2.45, 2.75) is 72.5 Å². The van der Waals surface area contributed by atoms with Crippen molar-refractivity contribution in [3.8, 4) is 0 Å². The van der Waals surface area contributed by atoms with Gasteiger partial charge in [0, 0.05) is 31.6 Å². The van der Waals surface area contributed by atoms with E-state index in [4.69, 9.17) is 25.5 Å². The van der Waals surface area contributed by atoms with Crippen molar-refractivity contribution in [3.05, 3.63) is 0 Å². The topological polar surface area (TPSA) is 142 Å². The summed E-state index contributed by atoms with van der Waals surface area (Å²) in [4.78, 5) is 11.5. The fourth-order valence-corrected chi connectivity index (χ4v) is 3.08. The summed E-state index contributed by atoms with van der Waals surface area (Å²) in [7, 11) is 0. The van der Waals surface area contributed by atoms with Gasteiger partial charge in [0.15, 0.2) is 0 Å². The number of hydrogen-bond donors (Lipinski definition) is 5. The molecule has 0 saturated heterocycles. The molecule has 0 rings (SSSR count). The van der Waals surface area contributed by atoms with Crippen LogP contribution < -0.4 is 16.5 Å². The fourth-order valence-electron chi connectivity index (χ4n) is 3.08. The lowest BCUT2D eigenvalue weighted by Gasteiger charge is -2.36. The Hall–Kier alpha value is -1.30. The Kier molecular flexibility index (Phi) is 15.0. The average molecular weight is 476 g/mol. The van der Waals surface area contributed by atoms with Gasteiger partial charge < -0.3 is 35.4 Å². The summed E-state index contributed by atoms with van der Waals surface area (Å²) >= 11 is 0. The minimum Gasteiger partial charge on any atom is -0.444 e. The van der Waals surface area contributed by atoms with E-state index < -0.39 is 17.3 Å². The summed E-state index contributed by atoms with van der Waals surface area (Å²) in [6.45, 7) is 17.1. The molecule has 1 unspecified atom stereocenters. The third-order valence-electron chi connectivity index (χ3n) is 4.69. The molecular weight excluding hydrogens is 426 g/mol. The lowest BCUT2D eigenvalue weighted by Crippen LogP contribution is -2.47. The van der Waals surface area contributed by atoms with E-state index >= 15 is 0 Å². The van der Waals surface area contributed by atoms with Crippen LogP contribution in [0.1, 0.15) is 61.3 Å². The van der Waals surface area contributed by atoms with Gasteiger partial charge in [0.05, 0.1) is 44.3 Å². The van der Waals surface area contributed by atoms with Gasteiger partial charge in [0.1, 0.15) is 5.60 Å². The summed E-state index contributed by atoms with van der Waals surface area (Å²) in [5, 5.41) is 25.0. The molecule has 196 valence electrons. The van der Waals surface area contributed by atoms with Crippen LogP contribution in [0.15, 0.2) is 0 Å². The Bertz CT molecular complexity index is 568. The molecule has 0 radical (unpaired) electrons. The van der Waals surface area contributed by atoms with E-state index in [2.05, 4.69) is 24.5 Å². The predicted molar refractivity (Wildman–Crippen MR) is 132 cm³/mol. The van der Waals surface area contributed by atoms with E-state index in [1.165, 1.54) is 0 Å². The van der Waals surface area contributed by atoms with E-state index in [-0.39, 0.29) is 18.6 Å². The van der Waals surface area contributed by atoms with Crippen molar-refractivity contribution in [2.75, 3.05) is 59.2 Å². The molecule has 0 aromatic carbocycles. The Labute approximate surface area is 200 Å². The molecule has 10 heteroatoms. The molecule has 6 N–H and O–H groups in total. The van der Waals surface area contributed by atoms with Gasteiger partial charge >= 0.3 is 6.09 Å². The summed E-state index contributed by atoms with van der Waals surface area (Å²) in [6, 6.07) is 0. The standard InChI is InChI=1S/C23H49N5O5/c1-8-9-23(7,18-32-22(5,6)17-29)16-28(25)14-19(24)15-31-13-12-26-10-11-27-20(30)33-21(2,3)4/h24,26,29H,8-18,25H2,1-7H3,(H,27,30). The van der Waals surface area contributed by atoms with Gasteiger partial charge in [-0.2, -0.15) is 0 Å². The fraction of sp³-hybridized carbons (Fsp3) is 0.913. The van der Waals surface area contributed by atoms with E-state index in [9.17, 15) is 9.90 Å². The molecule has 0 aliphatic carbocycles. The molecule has 0 aromatic rings. The van der Waals surface area contributed by atoms with Crippen LogP contribution in [-0.2, 0) is 14.2 Å². The van der Waals surface area contributed by atoms with Gasteiger partial charge in [-0.3, -0.25) is 5.84 Å². The number of nitrogens with one attached hydrogen (secondary N) is 3. The van der Waals surface area contributed by atoms with Gasteiger partial charge in [-0.25, -0.2) is 9.80 Å². The smallest absolute Gasteiger partial charge is 0.407 e. The second-order valence-electron chi connectivity index (χ2n) is 10.5. The van der Waals surface area contributed by atoms with Crippen LogP contribution in [-0.4, -0.2) is 92.3 Å². The first-order chi connectivity index (χ1) is 15.2. The number of nitrogens with two attached hydrogens (primary N) is 1. The Morgan fingerprint density at radius 2 is 1.79 bits per heavy atom. The molecule has 0 aromatic heterocycles. The van der Waals surface area contributed by atoms with Crippen LogP contribution in [0.2, 0.25) is 0 Å². The minimum absolute atomic E-state index is 0.0430. The number of rotatable bonds is 18. The number of carbonyl (C=O) groups excluding carboxylic acids is 1. The lowest BCUT2D eigenvalue weighted by atomic mass is 9.86. The molecule has 33 heavy (non-hydrogen) atoms. The van der Waals surface area contributed by atoms with Gasteiger partial charge in [-0.05, 0) is 41.0 Å². The number of ether oxygens (including phenoxy) is 3. The third kappa shape index (κ3) is 17.8. The maximum absolute atomic E-state index is 11.5. The Morgan fingerprint density at radius 3 is 2.36 bits per heavy atom. The number of hydrazine groups is 1. The van der Waals surface area contributed by atoms with Crippen LogP contribution in [0.5, 0.6) is 0 Å². The highest BCUT2D eigenvalue weighted by atomic mass is 16.6. The SMILES string of the molecule is CCCC(C)(COC(C)(C)CO)CN(N)CC(=N)COCCNCCNC(=O)OC(C)(C)C. The highest BCUT2D eigenvalue weighted by molar-refractivity contribution is 5.84. The first kappa shape index (κ1) is 31.7. The number of hydrogen-bond acceptors (Lipinski definition) is 9.